The van der Waals surface area contributed by atoms with E-state index in [9.17, 15) is 5.26 Å². The van der Waals surface area contributed by atoms with Crippen LogP contribution < -0.4 is 0 Å². The Balaban J connectivity index is 2.20. The van der Waals surface area contributed by atoms with Crippen molar-refractivity contribution in [2.75, 3.05) is 0 Å². The van der Waals surface area contributed by atoms with E-state index in [1.54, 1.807) is 30.3 Å². The molecular weight excluding hydrogens is 244 g/mol. The number of benzene rings is 2. The third-order valence-corrected chi connectivity index (χ3v) is 2.80. The number of nitrogens with zero attached hydrogens (tertiary/aromatic N) is 2. The van der Waals surface area contributed by atoms with Crippen LogP contribution in [0.4, 0.5) is 0 Å². The lowest BCUT2D eigenvalue weighted by Gasteiger charge is -1.97. The van der Waals surface area contributed by atoms with Crippen molar-refractivity contribution in [3.63, 3.8) is 0 Å². The van der Waals surface area contributed by atoms with Crippen LogP contribution in [-0.4, -0.2) is 0 Å². The van der Waals surface area contributed by atoms with Gasteiger partial charge in [-0.05, 0) is 29.3 Å². The van der Waals surface area contributed by atoms with Crippen LogP contribution in [0, 0.1) is 22.7 Å². The van der Waals surface area contributed by atoms with Gasteiger partial charge in [-0.1, -0.05) is 54.6 Å². The molecule has 0 fully saturated rings. The second kappa shape index (κ2) is 6.73. The molecule has 0 spiro atoms. The highest BCUT2D eigenvalue weighted by Gasteiger charge is 1.99. The highest BCUT2D eigenvalue weighted by molar-refractivity contribution is 5.78. The SMILES string of the molecule is N#CC(=CC=Cc1ccccc1)c1ccc(C#N)cc1. The molecule has 2 heteroatoms. The maximum Gasteiger partial charge on any atom is 0.0997 e. The number of rotatable bonds is 3. The number of hydrogen-bond donors (Lipinski definition) is 0. The summed E-state index contributed by atoms with van der Waals surface area (Å²) in [6.45, 7) is 0. The smallest absolute Gasteiger partial charge is 0.0997 e. The standard InChI is InChI=1S/C18H12N2/c19-13-16-9-11-17(12-10-16)18(14-20)8-4-7-15-5-2-1-3-6-15/h1-12H. The lowest BCUT2D eigenvalue weighted by atomic mass is 10.0. The van der Waals surface area contributed by atoms with E-state index in [1.807, 2.05) is 42.5 Å². The fraction of sp³-hybridized carbons (Fsp3) is 0. The Hall–Kier alpha value is -3.10. The Morgan fingerprint density at radius 1 is 0.900 bits per heavy atom. The van der Waals surface area contributed by atoms with E-state index in [-0.39, 0.29) is 0 Å². The Morgan fingerprint density at radius 3 is 2.20 bits per heavy atom. The molecule has 0 saturated carbocycles. The predicted octanol–water partition coefficient (Wildman–Crippen LogP) is 4.18. The van der Waals surface area contributed by atoms with Gasteiger partial charge >= 0.3 is 0 Å². The van der Waals surface area contributed by atoms with E-state index >= 15 is 0 Å². The maximum atomic E-state index is 9.19. The van der Waals surface area contributed by atoms with Crippen molar-refractivity contribution in [1.82, 2.24) is 0 Å². The Labute approximate surface area is 118 Å². The molecule has 0 aliphatic rings. The number of allylic oxidation sites excluding steroid dienone is 3. The molecule has 0 radical (unpaired) electrons. The van der Waals surface area contributed by atoms with Crippen molar-refractivity contribution in [3.8, 4) is 12.1 Å². The van der Waals surface area contributed by atoms with Crippen LogP contribution in [0.25, 0.3) is 11.6 Å². The molecule has 0 saturated heterocycles. The second-order valence-electron chi connectivity index (χ2n) is 4.15. The summed E-state index contributed by atoms with van der Waals surface area (Å²) in [5.74, 6) is 0. The summed E-state index contributed by atoms with van der Waals surface area (Å²) in [6.07, 6.45) is 5.57. The van der Waals surface area contributed by atoms with Crippen LogP contribution in [-0.2, 0) is 0 Å². The normalized spacial score (nSPS) is 11.0. The fourth-order valence-electron chi connectivity index (χ4n) is 1.74. The van der Waals surface area contributed by atoms with E-state index in [0.717, 1.165) is 11.1 Å². The van der Waals surface area contributed by atoms with Gasteiger partial charge in [0.1, 0.15) is 0 Å². The highest BCUT2D eigenvalue weighted by Crippen LogP contribution is 2.15. The quantitative estimate of drug-likeness (QED) is 0.611. The summed E-state index contributed by atoms with van der Waals surface area (Å²) in [6, 6.07) is 21.1. The average Bonchev–Trinajstić information content (AvgIpc) is 2.53. The van der Waals surface area contributed by atoms with Crippen LogP contribution in [0.5, 0.6) is 0 Å². The van der Waals surface area contributed by atoms with Gasteiger partial charge in [-0.25, -0.2) is 0 Å². The molecule has 2 nitrogen and oxygen atoms in total. The van der Waals surface area contributed by atoms with E-state index in [4.69, 9.17) is 5.26 Å². The maximum absolute atomic E-state index is 9.19. The molecule has 0 atom stereocenters. The van der Waals surface area contributed by atoms with Crippen LogP contribution >= 0.6 is 0 Å². The monoisotopic (exact) mass is 256 g/mol. The van der Waals surface area contributed by atoms with Gasteiger partial charge in [-0.2, -0.15) is 10.5 Å². The zero-order valence-corrected chi connectivity index (χ0v) is 10.8. The van der Waals surface area contributed by atoms with Crippen molar-refractivity contribution in [3.05, 3.63) is 83.4 Å². The van der Waals surface area contributed by atoms with Crippen LogP contribution in [0.15, 0.2) is 66.7 Å². The molecule has 94 valence electrons. The molecule has 20 heavy (non-hydrogen) atoms. The minimum Gasteiger partial charge on any atom is -0.192 e. The van der Waals surface area contributed by atoms with E-state index < -0.39 is 0 Å². The van der Waals surface area contributed by atoms with Gasteiger partial charge in [0.05, 0.1) is 23.3 Å². The minimum absolute atomic E-state index is 0.571. The zero-order chi connectivity index (χ0) is 14.2. The van der Waals surface area contributed by atoms with Gasteiger partial charge in [-0.3, -0.25) is 0 Å². The van der Waals surface area contributed by atoms with E-state index in [0.29, 0.717) is 11.1 Å². The first-order valence-corrected chi connectivity index (χ1v) is 6.17. The summed E-state index contributed by atoms with van der Waals surface area (Å²) in [7, 11) is 0. The van der Waals surface area contributed by atoms with Crippen molar-refractivity contribution >= 4 is 11.6 Å². The molecule has 2 rings (SSSR count). The number of hydrogen-bond acceptors (Lipinski definition) is 2. The highest BCUT2D eigenvalue weighted by atomic mass is 14.3. The molecule has 0 bridgehead atoms. The first kappa shape index (κ1) is 13.3. The van der Waals surface area contributed by atoms with Crippen LogP contribution in [0.3, 0.4) is 0 Å². The van der Waals surface area contributed by atoms with Crippen LogP contribution in [0.1, 0.15) is 16.7 Å². The molecule has 0 aromatic heterocycles. The van der Waals surface area contributed by atoms with Gasteiger partial charge < -0.3 is 0 Å². The third kappa shape index (κ3) is 3.45. The molecule has 0 aliphatic heterocycles. The fourth-order valence-corrected chi connectivity index (χ4v) is 1.74. The Kier molecular flexibility index (Phi) is 4.49. The average molecular weight is 256 g/mol. The van der Waals surface area contributed by atoms with Gasteiger partial charge in [-0.15, -0.1) is 0 Å². The first-order valence-electron chi connectivity index (χ1n) is 6.17. The summed E-state index contributed by atoms with van der Waals surface area (Å²) < 4.78 is 0. The summed E-state index contributed by atoms with van der Waals surface area (Å²) in [5, 5.41) is 17.9. The molecule has 0 aliphatic carbocycles. The number of nitriles is 2. The minimum atomic E-state index is 0.571. The van der Waals surface area contributed by atoms with Gasteiger partial charge in [0.15, 0.2) is 0 Å². The molecule has 0 amide bonds. The van der Waals surface area contributed by atoms with Gasteiger partial charge in [0.2, 0.25) is 0 Å². The van der Waals surface area contributed by atoms with E-state index in [1.165, 1.54) is 0 Å². The Bertz CT molecular complexity index is 709. The summed E-state index contributed by atoms with van der Waals surface area (Å²) in [4.78, 5) is 0. The molecule has 2 aromatic rings. The molecule has 0 N–H and O–H groups in total. The molecule has 0 heterocycles. The lowest BCUT2D eigenvalue weighted by Crippen LogP contribution is -1.81. The topological polar surface area (TPSA) is 47.6 Å². The third-order valence-electron chi connectivity index (χ3n) is 2.80. The van der Waals surface area contributed by atoms with Gasteiger partial charge in [0.25, 0.3) is 0 Å². The summed E-state index contributed by atoms with van der Waals surface area (Å²) in [5.41, 5.74) is 3.05. The van der Waals surface area contributed by atoms with E-state index in [2.05, 4.69) is 12.1 Å². The predicted molar refractivity (Wildman–Crippen MR) is 80.2 cm³/mol. The second-order valence-corrected chi connectivity index (χ2v) is 4.15. The van der Waals surface area contributed by atoms with Crippen molar-refractivity contribution in [1.29, 1.82) is 10.5 Å². The largest absolute Gasteiger partial charge is 0.192 e. The molecular formula is C18H12N2. The summed E-state index contributed by atoms with van der Waals surface area (Å²) >= 11 is 0. The van der Waals surface area contributed by atoms with Crippen molar-refractivity contribution in [2.45, 2.75) is 0 Å². The van der Waals surface area contributed by atoms with Crippen molar-refractivity contribution in [2.24, 2.45) is 0 Å². The first-order chi connectivity index (χ1) is 9.83. The molecule has 0 unspecified atom stereocenters. The van der Waals surface area contributed by atoms with Crippen LogP contribution in [0.2, 0.25) is 0 Å². The molecule has 2 aromatic carbocycles. The Morgan fingerprint density at radius 2 is 1.60 bits per heavy atom. The van der Waals surface area contributed by atoms with Crippen molar-refractivity contribution < 1.29 is 0 Å². The zero-order valence-electron chi connectivity index (χ0n) is 10.8. The van der Waals surface area contributed by atoms with Gasteiger partial charge in [0, 0.05) is 0 Å². The lowest BCUT2D eigenvalue weighted by molar-refractivity contribution is 1.47.